The van der Waals surface area contributed by atoms with E-state index in [9.17, 15) is 4.79 Å². The number of methoxy groups -OCH3 is 1. The van der Waals surface area contributed by atoms with Gasteiger partial charge in [-0.15, -0.1) is 0 Å². The zero-order valence-electron chi connectivity index (χ0n) is 13.7. The smallest absolute Gasteiger partial charge is 0.209 e. The van der Waals surface area contributed by atoms with Crippen LogP contribution in [0.2, 0.25) is 0 Å². The van der Waals surface area contributed by atoms with Gasteiger partial charge in [0.15, 0.2) is 11.5 Å². The summed E-state index contributed by atoms with van der Waals surface area (Å²) in [5, 5.41) is 0. The van der Waals surface area contributed by atoms with Crippen LogP contribution >= 0.6 is 0 Å². The zero-order chi connectivity index (χ0) is 16.9. The quantitative estimate of drug-likeness (QED) is 0.648. The average molecular weight is 321 g/mol. The first-order chi connectivity index (χ1) is 11.7. The molecule has 3 rings (SSSR count). The van der Waals surface area contributed by atoms with Crippen molar-refractivity contribution in [3.05, 3.63) is 83.7 Å². The standard InChI is InChI=1S/C20H19NO3/c1-21-12-6-9-17(21)20(22)16-10-11-18(23-2)19(13-16)24-14-15-7-4-3-5-8-15/h3-13H,14H2,1-2H3. The predicted molar refractivity (Wildman–Crippen MR) is 92.6 cm³/mol. The van der Waals surface area contributed by atoms with E-state index in [1.54, 1.807) is 35.9 Å². The molecule has 1 aromatic heterocycles. The number of carbonyl (C=O) groups excluding carboxylic acids is 1. The van der Waals surface area contributed by atoms with Crippen LogP contribution in [0.25, 0.3) is 0 Å². The number of hydrogen-bond donors (Lipinski definition) is 0. The number of carbonyl (C=O) groups is 1. The number of hydrogen-bond acceptors (Lipinski definition) is 3. The normalized spacial score (nSPS) is 10.4. The Morgan fingerprint density at radius 3 is 2.46 bits per heavy atom. The van der Waals surface area contributed by atoms with Crippen molar-refractivity contribution in [3.8, 4) is 11.5 Å². The highest BCUT2D eigenvalue weighted by atomic mass is 16.5. The van der Waals surface area contributed by atoms with Gasteiger partial charge in [0, 0.05) is 18.8 Å². The van der Waals surface area contributed by atoms with Crippen LogP contribution in [0.3, 0.4) is 0 Å². The van der Waals surface area contributed by atoms with Crippen LogP contribution in [0.4, 0.5) is 0 Å². The number of aryl methyl sites for hydroxylation is 1. The molecule has 0 fully saturated rings. The van der Waals surface area contributed by atoms with E-state index in [2.05, 4.69) is 0 Å². The Kier molecular flexibility index (Phi) is 4.66. The van der Waals surface area contributed by atoms with Crippen LogP contribution in [-0.2, 0) is 13.7 Å². The van der Waals surface area contributed by atoms with Crippen molar-refractivity contribution in [1.82, 2.24) is 4.57 Å². The zero-order valence-corrected chi connectivity index (χ0v) is 13.7. The lowest BCUT2D eigenvalue weighted by Crippen LogP contribution is -2.07. The van der Waals surface area contributed by atoms with Crippen molar-refractivity contribution in [2.75, 3.05) is 7.11 Å². The van der Waals surface area contributed by atoms with Crippen LogP contribution in [0, 0.1) is 0 Å². The third kappa shape index (κ3) is 3.33. The maximum absolute atomic E-state index is 12.6. The van der Waals surface area contributed by atoms with Gasteiger partial charge in [-0.2, -0.15) is 0 Å². The van der Waals surface area contributed by atoms with E-state index in [4.69, 9.17) is 9.47 Å². The molecule has 0 unspecified atom stereocenters. The second kappa shape index (κ2) is 7.04. The van der Waals surface area contributed by atoms with Gasteiger partial charge in [0.1, 0.15) is 6.61 Å². The van der Waals surface area contributed by atoms with Gasteiger partial charge in [-0.05, 0) is 35.9 Å². The number of aromatic nitrogens is 1. The van der Waals surface area contributed by atoms with Gasteiger partial charge in [-0.1, -0.05) is 30.3 Å². The highest BCUT2D eigenvalue weighted by molar-refractivity contribution is 6.08. The molecule has 24 heavy (non-hydrogen) atoms. The van der Waals surface area contributed by atoms with Gasteiger partial charge in [-0.25, -0.2) is 0 Å². The molecule has 0 aliphatic heterocycles. The van der Waals surface area contributed by atoms with Gasteiger partial charge < -0.3 is 14.0 Å². The van der Waals surface area contributed by atoms with Crippen molar-refractivity contribution in [2.24, 2.45) is 7.05 Å². The summed E-state index contributed by atoms with van der Waals surface area (Å²) in [7, 11) is 3.44. The van der Waals surface area contributed by atoms with Crippen LogP contribution in [0.5, 0.6) is 11.5 Å². The molecule has 0 aliphatic carbocycles. The first-order valence-electron chi connectivity index (χ1n) is 7.70. The monoisotopic (exact) mass is 321 g/mol. The Hall–Kier alpha value is -3.01. The van der Waals surface area contributed by atoms with Gasteiger partial charge >= 0.3 is 0 Å². The van der Waals surface area contributed by atoms with Crippen molar-refractivity contribution >= 4 is 5.78 Å². The summed E-state index contributed by atoms with van der Waals surface area (Å²) >= 11 is 0. The summed E-state index contributed by atoms with van der Waals surface area (Å²) in [6.45, 7) is 0.416. The van der Waals surface area contributed by atoms with Gasteiger partial charge in [0.05, 0.1) is 12.8 Å². The number of ketones is 1. The summed E-state index contributed by atoms with van der Waals surface area (Å²) in [6, 6.07) is 18.8. The van der Waals surface area contributed by atoms with E-state index < -0.39 is 0 Å². The molecule has 4 heteroatoms. The SMILES string of the molecule is COc1ccc(C(=O)c2cccn2C)cc1OCc1ccccc1. The van der Waals surface area contributed by atoms with Crippen molar-refractivity contribution in [3.63, 3.8) is 0 Å². The van der Waals surface area contributed by atoms with E-state index in [-0.39, 0.29) is 5.78 Å². The lowest BCUT2D eigenvalue weighted by Gasteiger charge is -2.12. The Morgan fingerprint density at radius 2 is 1.79 bits per heavy atom. The minimum Gasteiger partial charge on any atom is -0.493 e. The highest BCUT2D eigenvalue weighted by Gasteiger charge is 2.15. The molecular formula is C20H19NO3. The molecule has 1 heterocycles. The fraction of sp³-hybridized carbons (Fsp3) is 0.150. The van der Waals surface area contributed by atoms with Crippen molar-refractivity contribution in [1.29, 1.82) is 0 Å². The Balaban J connectivity index is 1.85. The number of ether oxygens (including phenoxy) is 2. The summed E-state index contributed by atoms with van der Waals surface area (Å²) < 4.78 is 13.0. The van der Waals surface area contributed by atoms with Crippen molar-refractivity contribution < 1.29 is 14.3 Å². The van der Waals surface area contributed by atoms with E-state index in [0.29, 0.717) is 29.4 Å². The topological polar surface area (TPSA) is 40.5 Å². The molecule has 122 valence electrons. The lowest BCUT2D eigenvalue weighted by atomic mass is 10.1. The first kappa shape index (κ1) is 15.9. The van der Waals surface area contributed by atoms with Crippen LogP contribution in [0.15, 0.2) is 66.9 Å². The minimum atomic E-state index is -0.0466. The largest absolute Gasteiger partial charge is 0.493 e. The fourth-order valence-electron chi connectivity index (χ4n) is 2.51. The summed E-state index contributed by atoms with van der Waals surface area (Å²) in [4.78, 5) is 12.6. The molecule has 3 aromatic rings. The molecule has 0 N–H and O–H groups in total. The molecule has 0 bridgehead atoms. The van der Waals surface area contributed by atoms with Gasteiger partial charge in [0.2, 0.25) is 5.78 Å². The van der Waals surface area contributed by atoms with Crippen molar-refractivity contribution in [2.45, 2.75) is 6.61 Å². The highest BCUT2D eigenvalue weighted by Crippen LogP contribution is 2.29. The lowest BCUT2D eigenvalue weighted by molar-refractivity contribution is 0.103. The molecule has 0 aliphatic rings. The molecule has 0 radical (unpaired) electrons. The molecule has 0 atom stereocenters. The Morgan fingerprint density at radius 1 is 1.00 bits per heavy atom. The van der Waals surface area contributed by atoms with Gasteiger partial charge in [-0.3, -0.25) is 4.79 Å². The van der Waals surface area contributed by atoms with E-state index in [1.807, 2.05) is 49.6 Å². The maximum Gasteiger partial charge on any atom is 0.209 e. The first-order valence-corrected chi connectivity index (χ1v) is 7.70. The van der Waals surface area contributed by atoms with E-state index in [1.165, 1.54) is 0 Å². The second-order valence-corrected chi connectivity index (χ2v) is 5.47. The fourth-order valence-corrected chi connectivity index (χ4v) is 2.51. The Labute approximate surface area is 141 Å². The van der Waals surface area contributed by atoms with Gasteiger partial charge in [0.25, 0.3) is 0 Å². The third-order valence-corrected chi connectivity index (χ3v) is 3.84. The second-order valence-electron chi connectivity index (χ2n) is 5.47. The van der Waals surface area contributed by atoms with Crippen LogP contribution in [0.1, 0.15) is 21.6 Å². The molecule has 2 aromatic carbocycles. The van der Waals surface area contributed by atoms with E-state index >= 15 is 0 Å². The number of nitrogens with zero attached hydrogens (tertiary/aromatic N) is 1. The molecule has 4 nitrogen and oxygen atoms in total. The predicted octanol–water partition coefficient (Wildman–Crippen LogP) is 3.84. The van der Waals surface area contributed by atoms with Crippen LogP contribution < -0.4 is 9.47 Å². The molecule has 0 saturated carbocycles. The molecule has 0 amide bonds. The molecule has 0 saturated heterocycles. The third-order valence-electron chi connectivity index (χ3n) is 3.84. The molecular weight excluding hydrogens is 302 g/mol. The van der Waals surface area contributed by atoms with E-state index in [0.717, 1.165) is 5.56 Å². The summed E-state index contributed by atoms with van der Waals surface area (Å²) in [6.07, 6.45) is 1.85. The number of benzene rings is 2. The average Bonchev–Trinajstić information content (AvgIpc) is 3.06. The number of rotatable bonds is 6. The summed E-state index contributed by atoms with van der Waals surface area (Å²) in [5.74, 6) is 1.12. The van der Waals surface area contributed by atoms with Crippen LogP contribution in [-0.4, -0.2) is 17.5 Å². The minimum absolute atomic E-state index is 0.0466. The molecule has 0 spiro atoms. The summed E-state index contributed by atoms with van der Waals surface area (Å²) in [5.41, 5.74) is 2.26. The maximum atomic E-state index is 12.6. The Bertz CT molecular complexity index is 837.